The van der Waals surface area contributed by atoms with E-state index in [4.69, 9.17) is 0 Å². The molecule has 2 aromatic rings. The number of carbonyl (C=O) groups is 6. The minimum atomic E-state index is -1.47. The predicted molar refractivity (Wildman–Crippen MR) is 168 cm³/mol. The van der Waals surface area contributed by atoms with Crippen LogP contribution < -0.4 is 21.3 Å². The van der Waals surface area contributed by atoms with Crippen molar-refractivity contribution in [3.63, 3.8) is 0 Å². The second-order valence-corrected chi connectivity index (χ2v) is 13.2. The van der Waals surface area contributed by atoms with E-state index in [1.807, 2.05) is 38.1 Å². The van der Waals surface area contributed by atoms with Gasteiger partial charge in [0.2, 0.25) is 29.5 Å². The smallest absolute Gasteiger partial charge is 0.305 e. The molecule has 46 heavy (non-hydrogen) atoms. The Kier molecular flexibility index (Phi) is 10.3. The number of amides is 5. The van der Waals surface area contributed by atoms with Crippen LogP contribution in [-0.4, -0.2) is 87.2 Å². The number of H-pyrrole nitrogens is 1. The fourth-order valence-electron chi connectivity index (χ4n) is 7.05. The molecule has 2 saturated heterocycles. The largest absolute Gasteiger partial charge is 0.481 e. The summed E-state index contributed by atoms with van der Waals surface area (Å²) in [5, 5.41) is 21.7. The third-order valence-electron chi connectivity index (χ3n) is 9.36. The van der Waals surface area contributed by atoms with Crippen molar-refractivity contribution in [2.24, 2.45) is 11.8 Å². The number of carboxylic acid groups (broad SMARTS) is 1. The molecule has 13 nitrogen and oxygen atoms in total. The fourth-order valence-corrected chi connectivity index (χ4v) is 7.05. The number of hydrogen-bond acceptors (Lipinski definition) is 6. The van der Waals surface area contributed by atoms with E-state index in [1.54, 1.807) is 6.20 Å². The fraction of sp³-hybridized carbons (Fsp3) is 0.576. The number of carbonyl (C=O) groups excluding carboxylic acids is 5. The van der Waals surface area contributed by atoms with Crippen molar-refractivity contribution >= 4 is 46.4 Å². The number of nitrogens with one attached hydrogen (secondary N) is 5. The zero-order valence-corrected chi connectivity index (χ0v) is 26.3. The van der Waals surface area contributed by atoms with Crippen molar-refractivity contribution in [1.29, 1.82) is 0 Å². The standard InChI is InChI=1S/C33H44N6O7/c1-18(2)14-23-29(42)35-24(15-20-17-34-22-11-6-5-10-21(20)22)30(43)37-25(16-27(40)41)33(46)39-13-7-12-26(39)31(44)38-28(32(45)36-23)19-8-3-4-9-19/h5-6,10-11,17-19,23-26,28,34H,3-4,7-9,12-16H2,1-2H3,(H,35,42)(H,36,45)(H,37,43)(H,38,44)(H,40,41)/t23-,24+,25+,26-,28+/m0/s1. The molecule has 3 heterocycles. The minimum absolute atomic E-state index is 0.00293. The maximum Gasteiger partial charge on any atom is 0.305 e. The van der Waals surface area contributed by atoms with E-state index in [9.17, 15) is 33.9 Å². The van der Waals surface area contributed by atoms with Crippen LogP contribution >= 0.6 is 0 Å². The van der Waals surface area contributed by atoms with Crippen molar-refractivity contribution in [3.8, 4) is 0 Å². The molecule has 3 fully saturated rings. The van der Waals surface area contributed by atoms with E-state index < -0.39 is 72.1 Å². The number of benzene rings is 1. The SMILES string of the molecule is CC(C)C[C@@H]1NC(=O)[C@@H](C2CCCC2)NC(=O)[C@@H]2CCCN2C(=O)[C@@H](CC(=O)O)NC(=O)[C@@H](Cc2c[nH]c3ccccc23)NC1=O. The Balaban J connectivity index is 1.54. The van der Waals surface area contributed by atoms with E-state index in [0.29, 0.717) is 12.8 Å². The number of aromatic amines is 1. The average molecular weight is 637 g/mol. The molecule has 1 aromatic heterocycles. The third-order valence-corrected chi connectivity index (χ3v) is 9.36. The summed E-state index contributed by atoms with van der Waals surface area (Å²) in [5.74, 6) is -4.44. The molecule has 248 valence electrons. The summed E-state index contributed by atoms with van der Waals surface area (Å²) in [5.41, 5.74) is 1.57. The number of fused-ring (bicyclic) bond motifs is 2. The molecule has 1 aromatic carbocycles. The van der Waals surface area contributed by atoms with Crippen LogP contribution in [0.15, 0.2) is 30.5 Å². The lowest BCUT2D eigenvalue weighted by atomic mass is 9.95. The summed E-state index contributed by atoms with van der Waals surface area (Å²) >= 11 is 0. The van der Waals surface area contributed by atoms with E-state index in [1.165, 1.54) is 4.90 Å². The Morgan fingerprint density at radius 2 is 1.52 bits per heavy atom. The number of hydrogen-bond donors (Lipinski definition) is 6. The molecule has 5 rings (SSSR count). The molecule has 5 amide bonds. The quantitative estimate of drug-likeness (QED) is 0.265. The molecule has 6 N–H and O–H groups in total. The van der Waals surface area contributed by atoms with Crippen LogP contribution in [0.5, 0.6) is 0 Å². The Morgan fingerprint density at radius 1 is 0.848 bits per heavy atom. The molecule has 1 saturated carbocycles. The van der Waals surface area contributed by atoms with Crippen LogP contribution in [0.3, 0.4) is 0 Å². The van der Waals surface area contributed by atoms with Crippen LogP contribution in [-0.2, 0) is 35.2 Å². The summed E-state index contributed by atoms with van der Waals surface area (Å²) in [6.45, 7) is 4.03. The van der Waals surface area contributed by atoms with Gasteiger partial charge in [-0.1, -0.05) is 44.9 Å². The molecule has 0 unspecified atom stereocenters. The number of nitrogens with zero attached hydrogens (tertiary/aromatic N) is 1. The number of carboxylic acids is 1. The number of rotatable bonds is 7. The highest BCUT2D eigenvalue weighted by Crippen LogP contribution is 2.29. The lowest BCUT2D eigenvalue weighted by Gasteiger charge is -2.31. The minimum Gasteiger partial charge on any atom is -0.481 e. The van der Waals surface area contributed by atoms with Gasteiger partial charge >= 0.3 is 5.97 Å². The Bertz CT molecular complexity index is 1480. The van der Waals surface area contributed by atoms with Gasteiger partial charge in [-0.05, 0) is 55.6 Å². The van der Waals surface area contributed by atoms with Crippen LogP contribution in [0, 0.1) is 11.8 Å². The van der Waals surface area contributed by atoms with E-state index in [-0.39, 0.29) is 31.2 Å². The Labute approximate surface area is 267 Å². The average Bonchev–Trinajstić information content (AvgIpc) is 3.79. The van der Waals surface area contributed by atoms with Gasteiger partial charge in [0.1, 0.15) is 30.2 Å². The summed E-state index contributed by atoms with van der Waals surface area (Å²) in [6, 6.07) is 1.98. The van der Waals surface area contributed by atoms with Gasteiger partial charge < -0.3 is 36.3 Å². The van der Waals surface area contributed by atoms with Crippen LogP contribution in [0.4, 0.5) is 0 Å². The van der Waals surface area contributed by atoms with Gasteiger partial charge in [-0.25, -0.2) is 0 Å². The molecule has 5 atom stereocenters. The number of aliphatic carboxylic acids is 1. The molecule has 0 bridgehead atoms. The second kappa shape index (κ2) is 14.3. The van der Waals surface area contributed by atoms with Crippen molar-refractivity contribution in [2.75, 3.05) is 6.54 Å². The molecule has 13 heteroatoms. The normalized spacial score (nSPS) is 27.1. The summed E-state index contributed by atoms with van der Waals surface area (Å²) in [4.78, 5) is 85.5. The Hall–Kier alpha value is -4.42. The van der Waals surface area contributed by atoms with Gasteiger partial charge in [-0.2, -0.15) is 0 Å². The van der Waals surface area contributed by atoms with Crippen molar-refractivity contribution < 1.29 is 33.9 Å². The third kappa shape index (κ3) is 7.51. The lowest BCUT2D eigenvalue weighted by Crippen LogP contribution is -2.59. The highest BCUT2D eigenvalue weighted by atomic mass is 16.4. The summed E-state index contributed by atoms with van der Waals surface area (Å²) in [7, 11) is 0. The van der Waals surface area contributed by atoms with Gasteiger partial charge in [0, 0.05) is 30.1 Å². The molecule has 0 radical (unpaired) electrons. The zero-order chi connectivity index (χ0) is 33.0. The molecular formula is C33H44N6O7. The Morgan fingerprint density at radius 3 is 2.24 bits per heavy atom. The predicted octanol–water partition coefficient (Wildman–Crippen LogP) is 1.37. The molecule has 3 aliphatic rings. The van der Waals surface area contributed by atoms with E-state index >= 15 is 0 Å². The van der Waals surface area contributed by atoms with Gasteiger partial charge in [0.05, 0.1) is 6.42 Å². The maximum atomic E-state index is 13.9. The van der Waals surface area contributed by atoms with Gasteiger partial charge in [-0.15, -0.1) is 0 Å². The van der Waals surface area contributed by atoms with E-state index in [2.05, 4.69) is 26.3 Å². The molecule has 2 aliphatic heterocycles. The highest BCUT2D eigenvalue weighted by molar-refractivity contribution is 5.99. The zero-order valence-electron chi connectivity index (χ0n) is 26.3. The monoisotopic (exact) mass is 636 g/mol. The molecular weight excluding hydrogens is 592 g/mol. The maximum absolute atomic E-state index is 13.9. The first kappa shape index (κ1) is 33.0. The number of para-hydroxylation sites is 1. The van der Waals surface area contributed by atoms with Crippen LogP contribution in [0.1, 0.15) is 70.8 Å². The highest BCUT2D eigenvalue weighted by Gasteiger charge is 2.42. The van der Waals surface area contributed by atoms with Gasteiger partial charge in [0.25, 0.3) is 0 Å². The first-order valence-electron chi connectivity index (χ1n) is 16.3. The van der Waals surface area contributed by atoms with Crippen LogP contribution in [0.2, 0.25) is 0 Å². The first-order chi connectivity index (χ1) is 22.0. The summed E-state index contributed by atoms with van der Waals surface area (Å²) < 4.78 is 0. The van der Waals surface area contributed by atoms with Crippen molar-refractivity contribution in [3.05, 3.63) is 36.0 Å². The summed E-state index contributed by atoms with van der Waals surface area (Å²) in [6.07, 6.45) is 5.49. The van der Waals surface area contributed by atoms with Crippen LogP contribution in [0.25, 0.3) is 10.9 Å². The molecule has 0 spiro atoms. The van der Waals surface area contributed by atoms with Crippen molar-refractivity contribution in [1.82, 2.24) is 31.2 Å². The first-order valence-corrected chi connectivity index (χ1v) is 16.3. The van der Waals surface area contributed by atoms with Gasteiger partial charge in [-0.3, -0.25) is 28.8 Å². The van der Waals surface area contributed by atoms with Crippen molar-refractivity contribution in [2.45, 2.75) is 102 Å². The second-order valence-electron chi connectivity index (χ2n) is 13.2. The van der Waals surface area contributed by atoms with Gasteiger partial charge in [0.15, 0.2) is 0 Å². The topological polar surface area (TPSA) is 190 Å². The number of aromatic nitrogens is 1. The lowest BCUT2D eigenvalue weighted by molar-refractivity contribution is -0.146. The molecule has 1 aliphatic carbocycles. The van der Waals surface area contributed by atoms with E-state index in [0.717, 1.165) is 42.1 Å².